The Balaban J connectivity index is 1.25. The van der Waals surface area contributed by atoms with Gasteiger partial charge in [-0.1, -0.05) is 35.9 Å². The number of anilines is 1. The molecule has 0 saturated heterocycles. The van der Waals surface area contributed by atoms with Crippen LogP contribution in [-0.2, 0) is 30.7 Å². The third-order valence-corrected chi connectivity index (χ3v) is 6.36. The summed E-state index contributed by atoms with van der Waals surface area (Å²) in [6, 6.07) is 17.9. The first-order chi connectivity index (χ1) is 15.7. The zero-order valence-corrected chi connectivity index (χ0v) is 18.7. The van der Waals surface area contributed by atoms with Gasteiger partial charge in [-0.05, 0) is 50.5 Å². The van der Waals surface area contributed by atoms with E-state index in [1.165, 1.54) is 16.9 Å². The fourth-order valence-electron chi connectivity index (χ4n) is 3.89. The molecule has 1 N–H and O–H groups in total. The number of hydrogen-bond acceptors (Lipinski definition) is 5. The molecule has 2 heterocycles. The fraction of sp³-hybridized carbons (Fsp3) is 0.240. The summed E-state index contributed by atoms with van der Waals surface area (Å²) < 4.78 is 7.65. The number of aryl methyl sites for hydroxylation is 2. The van der Waals surface area contributed by atoms with Crippen molar-refractivity contribution in [3.63, 3.8) is 0 Å². The van der Waals surface area contributed by atoms with Gasteiger partial charge in [0.25, 0.3) is 0 Å². The van der Waals surface area contributed by atoms with Crippen molar-refractivity contribution in [2.75, 3.05) is 5.32 Å². The zero-order chi connectivity index (χ0) is 21.9. The van der Waals surface area contributed by atoms with Crippen LogP contribution in [0.25, 0.3) is 5.69 Å². The molecule has 0 saturated carbocycles. The molecule has 0 atom stereocenters. The standard InChI is InChI=1S/C25H24N4O2S/c1-17-10-12-20(13-11-17)31-15-24-26-18(16-32-24)14-23(30)27-25-21-8-5-9-22(21)28-29(25)19-6-3-2-4-7-19/h2-4,6-7,10-13,16H,5,8-9,14-15H2,1H3,(H,27,30). The number of carbonyl (C=O) groups excluding carboxylic acids is 1. The second-order valence-electron chi connectivity index (χ2n) is 7.93. The number of ether oxygens (including phenoxy) is 1. The number of aromatic nitrogens is 3. The third-order valence-electron chi connectivity index (χ3n) is 5.49. The van der Waals surface area contributed by atoms with Crippen molar-refractivity contribution in [3.05, 3.63) is 87.5 Å². The van der Waals surface area contributed by atoms with Crippen LogP contribution in [-0.4, -0.2) is 20.7 Å². The van der Waals surface area contributed by atoms with Gasteiger partial charge in [-0.25, -0.2) is 9.67 Å². The van der Waals surface area contributed by atoms with Crippen molar-refractivity contribution in [2.45, 2.75) is 39.2 Å². The number of para-hydroxylation sites is 1. The number of nitrogens with one attached hydrogen (secondary N) is 1. The molecule has 6 nitrogen and oxygen atoms in total. The highest BCUT2D eigenvalue weighted by atomic mass is 32.1. The molecule has 7 heteroatoms. The molecule has 0 radical (unpaired) electrons. The molecule has 0 fully saturated rings. The maximum Gasteiger partial charge on any atom is 0.231 e. The number of benzene rings is 2. The van der Waals surface area contributed by atoms with Crippen LogP contribution >= 0.6 is 11.3 Å². The zero-order valence-electron chi connectivity index (χ0n) is 17.9. The quantitative estimate of drug-likeness (QED) is 0.441. The molecule has 0 bridgehead atoms. The second kappa shape index (κ2) is 8.96. The molecule has 1 aliphatic rings. The van der Waals surface area contributed by atoms with Crippen molar-refractivity contribution >= 4 is 23.1 Å². The number of thiazole rings is 1. The van der Waals surface area contributed by atoms with Crippen LogP contribution < -0.4 is 10.1 Å². The van der Waals surface area contributed by atoms with E-state index >= 15 is 0 Å². The normalized spacial score (nSPS) is 12.5. The molecule has 1 aliphatic carbocycles. The molecule has 2 aromatic heterocycles. The van der Waals surface area contributed by atoms with Crippen LogP contribution in [0.15, 0.2) is 60.0 Å². The van der Waals surface area contributed by atoms with Crippen LogP contribution in [0.3, 0.4) is 0 Å². The van der Waals surface area contributed by atoms with E-state index in [1.54, 1.807) is 0 Å². The molecule has 162 valence electrons. The third kappa shape index (κ3) is 4.43. The maximum absolute atomic E-state index is 12.9. The Labute approximate surface area is 190 Å². The van der Waals surface area contributed by atoms with Gasteiger partial charge < -0.3 is 10.1 Å². The molecular weight excluding hydrogens is 420 g/mol. The topological polar surface area (TPSA) is 69.0 Å². The molecule has 4 aromatic rings. The van der Waals surface area contributed by atoms with Crippen LogP contribution in [0.5, 0.6) is 5.75 Å². The lowest BCUT2D eigenvalue weighted by Crippen LogP contribution is -2.18. The largest absolute Gasteiger partial charge is 0.486 e. The first-order valence-electron chi connectivity index (χ1n) is 10.7. The predicted octanol–water partition coefficient (Wildman–Crippen LogP) is 4.89. The van der Waals surface area contributed by atoms with Gasteiger partial charge in [-0.15, -0.1) is 11.3 Å². The van der Waals surface area contributed by atoms with E-state index in [9.17, 15) is 4.79 Å². The van der Waals surface area contributed by atoms with Crippen LogP contribution in [0, 0.1) is 6.92 Å². The van der Waals surface area contributed by atoms with Gasteiger partial charge in [0.15, 0.2) is 0 Å². The minimum Gasteiger partial charge on any atom is -0.486 e. The molecule has 1 amide bonds. The van der Waals surface area contributed by atoms with E-state index in [0.717, 1.165) is 58.5 Å². The maximum atomic E-state index is 12.9. The van der Waals surface area contributed by atoms with Crippen molar-refractivity contribution in [1.29, 1.82) is 0 Å². The Bertz CT molecular complexity index is 1230. The highest BCUT2D eigenvalue weighted by molar-refractivity contribution is 7.09. The molecule has 32 heavy (non-hydrogen) atoms. The smallest absolute Gasteiger partial charge is 0.231 e. The van der Waals surface area contributed by atoms with Crippen molar-refractivity contribution in [1.82, 2.24) is 14.8 Å². The molecule has 0 unspecified atom stereocenters. The van der Waals surface area contributed by atoms with Gasteiger partial charge >= 0.3 is 0 Å². The SMILES string of the molecule is Cc1ccc(OCc2nc(CC(=O)Nc3c4c(nn3-c3ccccc3)CCC4)cs2)cc1. The van der Waals surface area contributed by atoms with Gasteiger partial charge in [0.2, 0.25) is 5.91 Å². The average Bonchev–Trinajstić information content (AvgIpc) is 3.52. The lowest BCUT2D eigenvalue weighted by atomic mass is 10.2. The first-order valence-corrected chi connectivity index (χ1v) is 11.6. The van der Waals surface area contributed by atoms with Crippen LogP contribution in [0.4, 0.5) is 5.82 Å². The number of hydrogen-bond donors (Lipinski definition) is 1. The van der Waals surface area contributed by atoms with Crippen molar-refractivity contribution < 1.29 is 9.53 Å². The van der Waals surface area contributed by atoms with Gasteiger partial charge in [-0.2, -0.15) is 5.10 Å². The van der Waals surface area contributed by atoms with E-state index in [4.69, 9.17) is 9.84 Å². The number of amides is 1. The number of fused-ring (bicyclic) bond motifs is 1. The Hall–Kier alpha value is -3.45. The Kier molecular flexibility index (Phi) is 5.73. The highest BCUT2D eigenvalue weighted by Crippen LogP contribution is 2.31. The minimum atomic E-state index is -0.0897. The Morgan fingerprint density at radius 3 is 2.75 bits per heavy atom. The lowest BCUT2D eigenvalue weighted by Gasteiger charge is -2.10. The number of carbonyl (C=O) groups is 1. The van der Waals surface area contributed by atoms with E-state index in [2.05, 4.69) is 10.3 Å². The summed E-state index contributed by atoms with van der Waals surface area (Å²) in [5.41, 5.74) is 5.11. The molecule has 0 spiro atoms. The molecular formula is C25H24N4O2S. The summed E-state index contributed by atoms with van der Waals surface area (Å²) in [5.74, 6) is 1.51. The summed E-state index contributed by atoms with van der Waals surface area (Å²) in [7, 11) is 0. The van der Waals surface area contributed by atoms with Crippen molar-refractivity contribution in [2.24, 2.45) is 0 Å². The van der Waals surface area contributed by atoms with E-state index < -0.39 is 0 Å². The summed E-state index contributed by atoms with van der Waals surface area (Å²) in [5, 5.41) is 10.6. The average molecular weight is 445 g/mol. The lowest BCUT2D eigenvalue weighted by molar-refractivity contribution is -0.115. The van der Waals surface area contributed by atoms with Gasteiger partial charge in [0.1, 0.15) is 23.2 Å². The predicted molar refractivity (Wildman–Crippen MR) is 126 cm³/mol. The summed E-state index contributed by atoms with van der Waals surface area (Å²) in [4.78, 5) is 17.4. The summed E-state index contributed by atoms with van der Waals surface area (Å²) >= 11 is 1.51. The molecule has 2 aromatic carbocycles. The van der Waals surface area contributed by atoms with Gasteiger partial charge in [0, 0.05) is 10.9 Å². The monoisotopic (exact) mass is 444 g/mol. The van der Waals surface area contributed by atoms with Gasteiger partial charge in [0.05, 0.1) is 23.5 Å². The molecule has 5 rings (SSSR count). The van der Waals surface area contributed by atoms with Crippen LogP contribution in [0.1, 0.15) is 33.9 Å². The minimum absolute atomic E-state index is 0.0897. The first kappa shape index (κ1) is 20.5. The fourth-order valence-corrected chi connectivity index (χ4v) is 4.60. The Morgan fingerprint density at radius 2 is 1.94 bits per heavy atom. The second-order valence-corrected chi connectivity index (χ2v) is 8.88. The Morgan fingerprint density at radius 1 is 1.12 bits per heavy atom. The molecule has 0 aliphatic heterocycles. The van der Waals surface area contributed by atoms with Crippen molar-refractivity contribution in [3.8, 4) is 11.4 Å². The van der Waals surface area contributed by atoms with E-state index in [-0.39, 0.29) is 12.3 Å². The number of rotatable bonds is 7. The summed E-state index contributed by atoms with van der Waals surface area (Å²) in [6.07, 6.45) is 3.19. The van der Waals surface area contributed by atoms with Crippen LogP contribution in [0.2, 0.25) is 0 Å². The number of nitrogens with zero attached hydrogens (tertiary/aromatic N) is 3. The highest BCUT2D eigenvalue weighted by Gasteiger charge is 2.24. The summed E-state index contributed by atoms with van der Waals surface area (Å²) in [6.45, 7) is 2.44. The van der Waals surface area contributed by atoms with Gasteiger partial charge in [-0.3, -0.25) is 4.79 Å². The van der Waals surface area contributed by atoms with E-state index in [0.29, 0.717) is 6.61 Å². The van der Waals surface area contributed by atoms with E-state index in [1.807, 2.05) is 71.6 Å².